The third kappa shape index (κ3) is 6.23. The molecule has 2 spiro atoms. The van der Waals surface area contributed by atoms with E-state index in [1.807, 2.05) is 22.7 Å². The monoisotopic (exact) mass is 1140 g/mol. The Kier molecular flexibility index (Phi) is 10.2. The van der Waals surface area contributed by atoms with E-state index in [2.05, 4.69) is 302 Å². The molecule has 4 aliphatic rings. The lowest BCUT2D eigenvalue weighted by Crippen LogP contribution is -2.67. The van der Waals surface area contributed by atoms with Gasteiger partial charge in [-0.25, -0.2) is 0 Å². The number of rotatable bonds is 4. The van der Waals surface area contributed by atoms with E-state index in [0.29, 0.717) is 0 Å². The van der Waals surface area contributed by atoms with Crippen LogP contribution >= 0.6 is 22.7 Å². The lowest BCUT2D eigenvalue weighted by atomic mass is 9.62. The van der Waals surface area contributed by atoms with Crippen molar-refractivity contribution in [1.82, 2.24) is 0 Å². The van der Waals surface area contributed by atoms with Crippen LogP contribution in [0, 0.1) is 0 Å². The Morgan fingerprint density at radius 1 is 0.321 bits per heavy atom. The van der Waals surface area contributed by atoms with Gasteiger partial charge >= 0.3 is 0 Å². The minimum absolute atomic E-state index is 0.534. The highest BCUT2D eigenvalue weighted by Crippen LogP contribution is 2.61. The Labute approximate surface area is 499 Å². The highest BCUT2D eigenvalue weighted by atomic mass is 32.1. The van der Waals surface area contributed by atoms with Gasteiger partial charge in [-0.1, -0.05) is 214 Å². The molecule has 18 rings (SSSR count). The van der Waals surface area contributed by atoms with Crippen LogP contribution in [0.5, 0.6) is 0 Å². The van der Waals surface area contributed by atoms with Crippen molar-refractivity contribution in [3.63, 3.8) is 0 Å². The molecule has 12 aromatic carbocycles. The van der Waals surface area contributed by atoms with E-state index in [4.69, 9.17) is 0 Å². The van der Waals surface area contributed by atoms with Crippen LogP contribution in [0.2, 0.25) is 19.6 Å². The van der Waals surface area contributed by atoms with Crippen LogP contribution in [0.3, 0.4) is 0 Å². The Morgan fingerprint density at radius 3 is 1.38 bits per heavy atom. The number of thiophene rings is 2. The van der Waals surface area contributed by atoms with Gasteiger partial charge in [0.2, 0.25) is 0 Å². The third-order valence-corrected chi connectivity index (χ3v) is 30.1. The summed E-state index contributed by atoms with van der Waals surface area (Å²) in [7, 11) is -4.92. The zero-order valence-electron chi connectivity index (χ0n) is 46.9. The van der Waals surface area contributed by atoms with Crippen LogP contribution in [0.25, 0.3) is 40.3 Å². The number of anilines is 6. The normalized spacial score (nSPS) is 17.1. The van der Waals surface area contributed by atoms with E-state index in [-0.39, 0.29) is 0 Å². The fourth-order valence-electron chi connectivity index (χ4n) is 16.7. The predicted octanol–water partition coefficient (Wildman–Crippen LogP) is 18.2. The molecule has 0 bridgehead atoms. The van der Waals surface area contributed by atoms with Gasteiger partial charge in [0, 0.05) is 51.7 Å². The summed E-state index contributed by atoms with van der Waals surface area (Å²) in [6.07, 6.45) is 0. The molecule has 0 aliphatic carbocycles. The van der Waals surface area contributed by atoms with Crippen LogP contribution in [0.15, 0.2) is 273 Å². The molecule has 6 heteroatoms. The summed E-state index contributed by atoms with van der Waals surface area (Å²) in [5, 5.41) is 11.7. The fourth-order valence-corrected chi connectivity index (χ4v) is 27.1. The number of nitrogens with zero attached hydrogens (tertiary/aromatic N) is 2. The van der Waals surface area contributed by atoms with Crippen molar-refractivity contribution < 1.29 is 0 Å². The SMILES string of the molecule is C[Si]1(C)c2ccccc2C2(c3ccccc3N(c3ccc(C[Si]4(C)c5ccccc5C5(c6ccccc6N(c6ccccc6)c6ccccc65)c5cc6c(cc54)sc4ccccc46)cc3)c3ccccc32)c2ccc3sc4ccccc4c3c21. The first kappa shape index (κ1) is 48.6. The van der Waals surface area contributed by atoms with Gasteiger partial charge in [-0.2, -0.15) is 0 Å². The summed E-state index contributed by atoms with van der Waals surface area (Å²) in [6, 6.07) is 107. The minimum Gasteiger partial charge on any atom is -0.310 e. The van der Waals surface area contributed by atoms with Crippen LogP contribution in [0.4, 0.5) is 34.1 Å². The van der Waals surface area contributed by atoms with Crippen molar-refractivity contribution in [2.24, 2.45) is 0 Å². The van der Waals surface area contributed by atoms with Gasteiger partial charge in [0.15, 0.2) is 0 Å². The van der Waals surface area contributed by atoms with Crippen molar-refractivity contribution in [3.8, 4) is 0 Å². The number of hydrogen-bond donors (Lipinski definition) is 0. The quantitative estimate of drug-likeness (QED) is 0.162. The van der Waals surface area contributed by atoms with Gasteiger partial charge in [0.1, 0.15) is 16.1 Å². The molecule has 1 atom stereocenters. The zero-order valence-corrected chi connectivity index (χ0v) is 50.5. The van der Waals surface area contributed by atoms with Crippen LogP contribution in [-0.2, 0) is 16.9 Å². The molecule has 1 unspecified atom stereocenters. The minimum atomic E-state index is -2.65. The third-order valence-electron chi connectivity index (χ3n) is 20.0. The second-order valence-electron chi connectivity index (χ2n) is 24.4. The number of para-hydroxylation sites is 5. The highest BCUT2D eigenvalue weighted by Gasteiger charge is 2.57. The maximum Gasteiger partial charge on any atom is 0.120 e. The summed E-state index contributed by atoms with van der Waals surface area (Å²) in [4.78, 5) is 5.07. The Hall–Kier alpha value is -8.89. The molecule has 0 saturated heterocycles. The number of fused-ring (bicyclic) bond motifs is 23. The average molecular weight is 1140 g/mol. The van der Waals surface area contributed by atoms with Crippen molar-refractivity contribution in [1.29, 1.82) is 0 Å². The number of hydrogen-bond acceptors (Lipinski definition) is 4. The molecule has 0 N–H and O–H groups in total. The second-order valence-corrected chi connectivity index (χ2v) is 35.0. The van der Waals surface area contributed by atoms with Crippen molar-refractivity contribution in [2.45, 2.75) is 36.5 Å². The molecule has 0 radical (unpaired) electrons. The van der Waals surface area contributed by atoms with Crippen molar-refractivity contribution in [3.05, 3.63) is 323 Å². The zero-order chi connectivity index (χ0) is 55.7. The van der Waals surface area contributed by atoms with Gasteiger partial charge in [0.25, 0.3) is 0 Å². The second kappa shape index (κ2) is 17.6. The first-order valence-electron chi connectivity index (χ1n) is 29.5. The number of benzene rings is 12. The van der Waals surface area contributed by atoms with Gasteiger partial charge in [-0.05, 0) is 156 Å². The molecule has 0 amide bonds. The van der Waals surface area contributed by atoms with Gasteiger partial charge < -0.3 is 9.80 Å². The van der Waals surface area contributed by atoms with Crippen LogP contribution in [0.1, 0.15) is 50.1 Å². The smallest absolute Gasteiger partial charge is 0.120 e. The van der Waals surface area contributed by atoms with Crippen LogP contribution in [-0.4, -0.2) is 16.1 Å². The van der Waals surface area contributed by atoms with Gasteiger partial charge in [-0.15, -0.1) is 22.7 Å². The lowest BCUT2D eigenvalue weighted by Gasteiger charge is -2.52. The molecule has 2 aromatic heterocycles. The maximum absolute atomic E-state index is 2.68. The summed E-state index contributed by atoms with van der Waals surface area (Å²) < 4.78 is 5.45. The molecule has 14 aromatic rings. The highest BCUT2D eigenvalue weighted by molar-refractivity contribution is 7.26. The first-order chi connectivity index (χ1) is 41.3. The summed E-state index contributed by atoms with van der Waals surface area (Å²) in [5.74, 6) is 0. The van der Waals surface area contributed by atoms with Gasteiger partial charge in [0.05, 0.1) is 33.6 Å². The van der Waals surface area contributed by atoms with Crippen molar-refractivity contribution in [2.75, 3.05) is 9.80 Å². The molecular formula is C78H56N2S2Si2. The fraction of sp³-hybridized carbons (Fsp3) is 0.0769. The average Bonchev–Trinajstić information content (AvgIpc) is 0.835. The molecular weight excluding hydrogens is 1090 g/mol. The summed E-state index contributed by atoms with van der Waals surface area (Å²) in [5.41, 5.74) is 18.5. The molecule has 84 heavy (non-hydrogen) atoms. The lowest BCUT2D eigenvalue weighted by molar-refractivity contribution is 0.736. The Morgan fingerprint density at radius 2 is 0.774 bits per heavy atom. The topological polar surface area (TPSA) is 6.48 Å². The molecule has 0 fully saturated rings. The standard InChI is InChI=1S/C78H56N2S2Si2/c1-83(2)72-39-21-13-31-60(72)77(62-45-46-70-75(76(62)83)54-26-8-20-38-69(54)81-70)56-27-9-15-33-64(56)80(65-34-16-10-28-57(65)77)52-43-41-50(42-44-52)49-84(3)73-40-22-14-32-61(73)78(63-47-55-53-25-7-19-37-68(53)82-71(55)48-74(63)84)58-29-11-17-35-66(58)79(51-23-5-4-6-24-51)67-36-18-12-30-59(67)78/h4-48H,49H2,1-3H3. The Balaban J connectivity index is 0.820. The molecule has 4 aliphatic heterocycles. The summed E-state index contributed by atoms with van der Waals surface area (Å²) in [6.45, 7) is 7.87. The predicted molar refractivity (Wildman–Crippen MR) is 363 cm³/mol. The van der Waals surface area contributed by atoms with E-state index in [1.165, 1.54) is 140 Å². The largest absolute Gasteiger partial charge is 0.310 e. The van der Waals surface area contributed by atoms with Gasteiger partial charge in [-0.3, -0.25) is 0 Å². The Bertz CT molecular complexity index is 5000. The van der Waals surface area contributed by atoms with E-state index in [9.17, 15) is 0 Å². The molecule has 0 saturated carbocycles. The van der Waals surface area contributed by atoms with E-state index >= 15 is 0 Å². The summed E-state index contributed by atoms with van der Waals surface area (Å²) >= 11 is 3.89. The van der Waals surface area contributed by atoms with E-state index in [0.717, 1.165) is 6.04 Å². The van der Waals surface area contributed by atoms with E-state index < -0.39 is 27.0 Å². The van der Waals surface area contributed by atoms with Crippen LogP contribution < -0.4 is 30.5 Å². The first-order valence-corrected chi connectivity index (χ1v) is 36.9. The molecule has 398 valence electrons. The molecule has 2 nitrogen and oxygen atoms in total. The maximum atomic E-state index is 2.68. The van der Waals surface area contributed by atoms with E-state index in [1.54, 1.807) is 5.19 Å². The molecule has 6 heterocycles. The van der Waals surface area contributed by atoms with Crippen molar-refractivity contribution >= 4 is 134 Å².